The average Bonchev–Trinajstić information content (AvgIpc) is 2.94. The Kier molecular flexibility index (Phi) is 6.59. The van der Waals surface area contributed by atoms with Crippen LogP contribution in [0.4, 0.5) is 5.69 Å². The SMILES string of the molecule is C=CCNC(=O)c1ccc(NC(=O)C2(C)CCNC2)cc1.Cl. The van der Waals surface area contributed by atoms with Crippen LogP contribution >= 0.6 is 12.4 Å². The molecule has 1 atom stereocenters. The molecular weight excluding hydrogens is 302 g/mol. The van der Waals surface area contributed by atoms with E-state index in [0.29, 0.717) is 24.3 Å². The summed E-state index contributed by atoms with van der Waals surface area (Å²) < 4.78 is 0. The van der Waals surface area contributed by atoms with Crippen LogP contribution in [0, 0.1) is 5.41 Å². The van der Waals surface area contributed by atoms with Gasteiger partial charge in [-0.2, -0.15) is 0 Å². The molecule has 2 rings (SSSR count). The lowest BCUT2D eigenvalue weighted by atomic mass is 9.89. The fraction of sp³-hybridized carbons (Fsp3) is 0.375. The highest BCUT2D eigenvalue weighted by atomic mass is 35.5. The van der Waals surface area contributed by atoms with Crippen LogP contribution in [-0.4, -0.2) is 31.4 Å². The summed E-state index contributed by atoms with van der Waals surface area (Å²) in [5, 5.41) is 8.82. The number of nitrogens with one attached hydrogen (secondary N) is 3. The first-order chi connectivity index (χ1) is 10.0. The van der Waals surface area contributed by atoms with Crippen molar-refractivity contribution in [2.75, 3.05) is 25.0 Å². The van der Waals surface area contributed by atoms with E-state index in [1.807, 2.05) is 6.92 Å². The molecule has 1 heterocycles. The number of hydrogen-bond donors (Lipinski definition) is 3. The van der Waals surface area contributed by atoms with Crippen LogP contribution < -0.4 is 16.0 Å². The monoisotopic (exact) mass is 323 g/mol. The highest BCUT2D eigenvalue weighted by Gasteiger charge is 2.36. The zero-order valence-corrected chi connectivity index (χ0v) is 13.5. The summed E-state index contributed by atoms with van der Waals surface area (Å²) in [7, 11) is 0. The normalized spacial score (nSPS) is 19.9. The lowest BCUT2D eigenvalue weighted by molar-refractivity contribution is -0.123. The molecule has 0 bridgehead atoms. The van der Waals surface area contributed by atoms with Gasteiger partial charge in [-0.05, 0) is 44.2 Å². The summed E-state index contributed by atoms with van der Waals surface area (Å²) in [5.41, 5.74) is 0.900. The number of carbonyl (C=O) groups excluding carboxylic acids is 2. The maximum Gasteiger partial charge on any atom is 0.251 e. The molecule has 1 aromatic carbocycles. The maximum atomic E-state index is 12.3. The molecule has 1 aliphatic rings. The molecule has 1 unspecified atom stereocenters. The van der Waals surface area contributed by atoms with Crippen molar-refractivity contribution in [1.82, 2.24) is 10.6 Å². The molecule has 0 aromatic heterocycles. The smallest absolute Gasteiger partial charge is 0.251 e. The highest BCUT2D eigenvalue weighted by Crippen LogP contribution is 2.26. The van der Waals surface area contributed by atoms with Gasteiger partial charge in [0.05, 0.1) is 5.41 Å². The predicted molar refractivity (Wildman–Crippen MR) is 90.4 cm³/mol. The minimum Gasteiger partial charge on any atom is -0.349 e. The molecule has 0 aliphatic carbocycles. The third-order valence-corrected chi connectivity index (χ3v) is 3.73. The van der Waals surface area contributed by atoms with Crippen molar-refractivity contribution in [3.8, 4) is 0 Å². The zero-order valence-electron chi connectivity index (χ0n) is 12.6. The second-order valence-electron chi connectivity index (χ2n) is 5.52. The molecule has 1 aromatic rings. The van der Waals surface area contributed by atoms with Gasteiger partial charge >= 0.3 is 0 Å². The topological polar surface area (TPSA) is 70.2 Å². The van der Waals surface area contributed by atoms with Crippen molar-refractivity contribution in [1.29, 1.82) is 0 Å². The van der Waals surface area contributed by atoms with E-state index in [-0.39, 0.29) is 29.6 Å². The second kappa shape index (κ2) is 7.96. The number of carbonyl (C=O) groups is 2. The van der Waals surface area contributed by atoms with E-state index >= 15 is 0 Å². The quantitative estimate of drug-likeness (QED) is 0.725. The molecule has 1 aliphatic heterocycles. The third-order valence-electron chi connectivity index (χ3n) is 3.73. The lowest BCUT2D eigenvalue weighted by Gasteiger charge is -2.21. The third kappa shape index (κ3) is 4.32. The van der Waals surface area contributed by atoms with E-state index in [1.54, 1.807) is 30.3 Å². The fourth-order valence-corrected chi connectivity index (χ4v) is 2.26. The van der Waals surface area contributed by atoms with E-state index in [2.05, 4.69) is 22.5 Å². The van der Waals surface area contributed by atoms with E-state index < -0.39 is 0 Å². The first kappa shape index (κ1) is 18.2. The van der Waals surface area contributed by atoms with Crippen molar-refractivity contribution < 1.29 is 9.59 Å². The lowest BCUT2D eigenvalue weighted by Crippen LogP contribution is -2.35. The van der Waals surface area contributed by atoms with Crippen LogP contribution in [0.5, 0.6) is 0 Å². The van der Waals surface area contributed by atoms with Crippen molar-refractivity contribution in [3.63, 3.8) is 0 Å². The Balaban J connectivity index is 0.00000242. The standard InChI is InChI=1S/C16H21N3O2.ClH/c1-3-9-18-14(20)12-4-6-13(7-5-12)19-15(21)16(2)8-10-17-11-16;/h3-7,17H,1,8-11H2,2H3,(H,18,20)(H,19,21);1H. The average molecular weight is 324 g/mol. The van der Waals surface area contributed by atoms with Crippen molar-refractivity contribution in [3.05, 3.63) is 42.5 Å². The number of anilines is 1. The summed E-state index contributed by atoms with van der Waals surface area (Å²) >= 11 is 0. The van der Waals surface area contributed by atoms with Crippen LogP contribution in [0.15, 0.2) is 36.9 Å². The van der Waals surface area contributed by atoms with Crippen LogP contribution in [-0.2, 0) is 4.79 Å². The second-order valence-corrected chi connectivity index (χ2v) is 5.52. The first-order valence-electron chi connectivity index (χ1n) is 7.06. The summed E-state index contributed by atoms with van der Waals surface area (Å²) in [6.07, 6.45) is 2.46. The Bertz CT molecular complexity index is 537. The first-order valence-corrected chi connectivity index (χ1v) is 7.06. The van der Waals surface area contributed by atoms with Crippen molar-refractivity contribution in [2.45, 2.75) is 13.3 Å². The predicted octanol–water partition coefficient (Wildman–Crippen LogP) is 1.96. The number of rotatable bonds is 5. The maximum absolute atomic E-state index is 12.3. The number of benzene rings is 1. The van der Waals surface area contributed by atoms with Crippen molar-refractivity contribution in [2.24, 2.45) is 5.41 Å². The van der Waals surface area contributed by atoms with Gasteiger partial charge in [0, 0.05) is 24.3 Å². The molecule has 1 saturated heterocycles. The highest BCUT2D eigenvalue weighted by molar-refractivity contribution is 5.97. The van der Waals surface area contributed by atoms with Gasteiger partial charge in [-0.1, -0.05) is 6.08 Å². The molecule has 0 saturated carbocycles. The Morgan fingerprint density at radius 1 is 1.36 bits per heavy atom. The number of hydrogen-bond acceptors (Lipinski definition) is 3. The number of halogens is 1. The van der Waals surface area contributed by atoms with E-state index in [0.717, 1.165) is 13.0 Å². The Labute approximate surface area is 137 Å². The Hall–Kier alpha value is -1.85. The molecule has 1 fully saturated rings. The zero-order chi connectivity index (χ0) is 15.3. The summed E-state index contributed by atoms with van der Waals surface area (Å²) in [6, 6.07) is 6.88. The Morgan fingerprint density at radius 3 is 2.59 bits per heavy atom. The van der Waals surface area contributed by atoms with Gasteiger partial charge in [0.2, 0.25) is 5.91 Å². The van der Waals surface area contributed by atoms with Gasteiger partial charge < -0.3 is 16.0 Å². The van der Waals surface area contributed by atoms with E-state index in [1.165, 1.54) is 0 Å². The minimum absolute atomic E-state index is 0. The van der Waals surface area contributed by atoms with Gasteiger partial charge in [-0.25, -0.2) is 0 Å². The van der Waals surface area contributed by atoms with Crippen LogP contribution in [0.25, 0.3) is 0 Å². The number of amides is 2. The summed E-state index contributed by atoms with van der Waals surface area (Å²) in [5.74, 6) is -0.143. The van der Waals surface area contributed by atoms with Crippen LogP contribution in [0.1, 0.15) is 23.7 Å². The Morgan fingerprint density at radius 2 is 2.05 bits per heavy atom. The molecule has 22 heavy (non-hydrogen) atoms. The molecule has 120 valence electrons. The molecule has 2 amide bonds. The molecule has 3 N–H and O–H groups in total. The molecule has 0 radical (unpaired) electrons. The molecule has 6 heteroatoms. The van der Waals surface area contributed by atoms with Gasteiger partial charge in [-0.3, -0.25) is 9.59 Å². The fourth-order valence-electron chi connectivity index (χ4n) is 2.26. The molecular formula is C16H22ClN3O2. The van der Waals surface area contributed by atoms with Gasteiger partial charge in [-0.15, -0.1) is 19.0 Å². The van der Waals surface area contributed by atoms with Crippen LogP contribution in [0.3, 0.4) is 0 Å². The van der Waals surface area contributed by atoms with E-state index in [9.17, 15) is 9.59 Å². The van der Waals surface area contributed by atoms with Crippen molar-refractivity contribution >= 4 is 29.9 Å². The van der Waals surface area contributed by atoms with Gasteiger partial charge in [0.15, 0.2) is 0 Å². The van der Waals surface area contributed by atoms with Gasteiger partial charge in [0.1, 0.15) is 0 Å². The molecule has 5 nitrogen and oxygen atoms in total. The van der Waals surface area contributed by atoms with E-state index in [4.69, 9.17) is 0 Å². The summed E-state index contributed by atoms with van der Waals surface area (Å²) in [4.78, 5) is 24.0. The van der Waals surface area contributed by atoms with Gasteiger partial charge in [0.25, 0.3) is 5.91 Å². The van der Waals surface area contributed by atoms with Crippen LogP contribution in [0.2, 0.25) is 0 Å². The molecule has 0 spiro atoms. The largest absolute Gasteiger partial charge is 0.349 e. The summed E-state index contributed by atoms with van der Waals surface area (Å²) in [6.45, 7) is 7.50. The minimum atomic E-state index is -0.361.